The van der Waals surface area contributed by atoms with E-state index in [1.165, 1.54) is 0 Å². The first kappa shape index (κ1) is 13.2. The molecule has 1 aromatic heterocycles. The molecular formula is C12H17N3O2. The van der Waals surface area contributed by atoms with Gasteiger partial charge < -0.3 is 0 Å². The zero-order valence-electron chi connectivity index (χ0n) is 9.93. The number of rotatable bonds is 6. The Kier molecular flexibility index (Phi) is 5.71. The lowest BCUT2D eigenvalue weighted by Crippen LogP contribution is -2.34. The second-order valence-electron chi connectivity index (χ2n) is 3.65. The van der Waals surface area contributed by atoms with Crippen LogP contribution < -0.4 is 5.32 Å². The van der Waals surface area contributed by atoms with E-state index in [0.717, 1.165) is 24.2 Å². The van der Waals surface area contributed by atoms with E-state index in [2.05, 4.69) is 17.2 Å². The molecule has 0 unspecified atom stereocenters. The maximum atomic E-state index is 11.7. The highest BCUT2D eigenvalue weighted by atomic mass is 16.2. The first-order valence-corrected chi connectivity index (χ1v) is 5.72. The molecular weight excluding hydrogens is 218 g/mol. The number of hydrogen-bond acceptors (Lipinski definition) is 3. The third-order valence-corrected chi connectivity index (χ3v) is 2.29. The van der Waals surface area contributed by atoms with Crippen molar-refractivity contribution in [2.45, 2.75) is 26.2 Å². The van der Waals surface area contributed by atoms with Crippen LogP contribution in [0.25, 0.3) is 0 Å². The van der Waals surface area contributed by atoms with Gasteiger partial charge >= 0.3 is 6.03 Å². The van der Waals surface area contributed by atoms with Crippen LogP contribution in [0.15, 0.2) is 24.4 Å². The van der Waals surface area contributed by atoms with Crippen molar-refractivity contribution in [2.24, 2.45) is 0 Å². The average molecular weight is 235 g/mol. The predicted molar refractivity (Wildman–Crippen MR) is 65.6 cm³/mol. The normalized spacial score (nSPS) is 9.71. The molecule has 1 N–H and O–H groups in total. The molecule has 0 spiro atoms. The molecule has 17 heavy (non-hydrogen) atoms. The van der Waals surface area contributed by atoms with E-state index in [1.807, 2.05) is 0 Å². The Morgan fingerprint density at radius 2 is 2.29 bits per heavy atom. The van der Waals surface area contributed by atoms with Crippen LogP contribution in [0.1, 0.15) is 26.2 Å². The smallest absolute Gasteiger partial charge is 0.292 e. The lowest BCUT2D eigenvalue weighted by atomic mass is 10.2. The summed E-state index contributed by atoms with van der Waals surface area (Å²) >= 11 is 0. The van der Waals surface area contributed by atoms with Crippen LogP contribution >= 0.6 is 0 Å². The molecule has 0 saturated carbocycles. The Bertz CT molecular complexity index is 354. The third-order valence-electron chi connectivity index (χ3n) is 2.29. The lowest BCUT2D eigenvalue weighted by molar-refractivity contribution is -0.115. The highest BCUT2D eigenvalue weighted by molar-refractivity contribution is 5.94. The molecule has 1 aromatic rings. The number of imide groups is 1. The van der Waals surface area contributed by atoms with Gasteiger partial charge in [0.05, 0.1) is 0 Å². The first-order valence-electron chi connectivity index (χ1n) is 5.72. The van der Waals surface area contributed by atoms with Crippen LogP contribution in [0.3, 0.4) is 0 Å². The van der Waals surface area contributed by atoms with Crippen molar-refractivity contribution < 1.29 is 9.59 Å². The van der Waals surface area contributed by atoms with Crippen molar-refractivity contribution in [1.29, 1.82) is 0 Å². The Balaban J connectivity index is 2.46. The fraction of sp³-hybridized carbons (Fsp3) is 0.417. The number of unbranched alkanes of at least 4 members (excludes halogenated alkanes) is 2. The van der Waals surface area contributed by atoms with Gasteiger partial charge in [-0.3, -0.25) is 15.0 Å². The molecule has 5 nitrogen and oxygen atoms in total. The van der Waals surface area contributed by atoms with Crippen LogP contribution in [0.2, 0.25) is 0 Å². The van der Waals surface area contributed by atoms with Gasteiger partial charge in [0.25, 0.3) is 0 Å². The third kappa shape index (κ3) is 4.63. The Hall–Kier alpha value is -1.91. The summed E-state index contributed by atoms with van der Waals surface area (Å²) in [7, 11) is 0. The van der Waals surface area contributed by atoms with Crippen LogP contribution in [0.4, 0.5) is 10.6 Å². The first-order chi connectivity index (χ1) is 8.27. The molecule has 3 amide bonds. The van der Waals surface area contributed by atoms with Gasteiger partial charge in [-0.25, -0.2) is 9.78 Å². The molecule has 0 saturated heterocycles. The molecule has 0 atom stereocenters. The predicted octanol–water partition coefficient (Wildman–Crippen LogP) is 2.26. The number of hydrogen-bond donors (Lipinski definition) is 1. The lowest BCUT2D eigenvalue weighted by Gasteiger charge is -2.15. The standard InChI is InChI=1S/C12H17N3O2/c1-2-3-6-9-15(10-16)12(17)14-11-7-4-5-8-13-11/h4-5,7-8,10H,2-3,6,9H2,1H3,(H,13,14,17). The average Bonchev–Trinajstić information content (AvgIpc) is 2.36. The fourth-order valence-electron chi connectivity index (χ4n) is 1.35. The summed E-state index contributed by atoms with van der Waals surface area (Å²) in [5.41, 5.74) is 0. The van der Waals surface area contributed by atoms with Crippen LogP contribution in [0.5, 0.6) is 0 Å². The molecule has 0 aliphatic heterocycles. The zero-order chi connectivity index (χ0) is 12.5. The van der Waals surface area contributed by atoms with Gasteiger partial charge in [-0.15, -0.1) is 0 Å². The Morgan fingerprint density at radius 1 is 1.47 bits per heavy atom. The SMILES string of the molecule is CCCCCN(C=O)C(=O)Nc1ccccn1. The quantitative estimate of drug-likeness (QED) is 0.607. The molecule has 92 valence electrons. The van der Waals surface area contributed by atoms with Crippen molar-refractivity contribution >= 4 is 18.3 Å². The van der Waals surface area contributed by atoms with Crippen molar-refractivity contribution in [3.63, 3.8) is 0 Å². The van der Waals surface area contributed by atoms with Gasteiger partial charge in [-0.05, 0) is 18.6 Å². The summed E-state index contributed by atoms with van der Waals surface area (Å²) < 4.78 is 0. The molecule has 0 aliphatic rings. The van der Waals surface area contributed by atoms with Crippen LogP contribution in [-0.2, 0) is 4.79 Å². The summed E-state index contributed by atoms with van der Waals surface area (Å²) in [6, 6.07) is 4.77. The number of aromatic nitrogens is 1. The number of pyridine rings is 1. The largest absolute Gasteiger partial charge is 0.329 e. The van der Waals surface area contributed by atoms with Crippen LogP contribution in [0, 0.1) is 0 Å². The maximum absolute atomic E-state index is 11.7. The molecule has 5 heteroatoms. The van der Waals surface area contributed by atoms with E-state index in [1.54, 1.807) is 24.4 Å². The number of anilines is 1. The number of nitrogens with one attached hydrogen (secondary N) is 1. The van der Waals surface area contributed by atoms with Crippen molar-refractivity contribution in [2.75, 3.05) is 11.9 Å². The van der Waals surface area contributed by atoms with E-state index >= 15 is 0 Å². The van der Waals surface area contributed by atoms with Gasteiger partial charge in [0.2, 0.25) is 6.41 Å². The fourth-order valence-corrected chi connectivity index (χ4v) is 1.35. The van der Waals surface area contributed by atoms with E-state index in [9.17, 15) is 9.59 Å². The minimum atomic E-state index is -0.435. The Labute approximate surface area is 101 Å². The van der Waals surface area contributed by atoms with Gasteiger partial charge in [-0.1, -0.05) is 25.8 Å². The van der Waals surface area contributed by atoms with Crippen LogP contribution in [-0.4, -0.2) is 28.9 Å². The zero-order valence-corrected chi connectivity index (χ0v) is 9.93. The topological polar surface area (TPSA) is 62.3 Å². The summed E-state index contributed by atoms with van der Waals surface area (Å²) in [6.45, 7) is 2.51. The summed E-state index contributed by atoms with van der Waals surface area (Å²) in [6.07, 6.45) is 5.01. The highest BCUT2D eigenvalue weighted by Gasteiger charge is 2.11. The van der Waals surface area contributed by atoms with Gasteiger partial charge in [0.1, 0.15) is 5.82 Å². The summed E-state index contributed by atoms with van der Waals surface area (Å²) in [5, 5.41) is 2.56. The molecule has 0 fully saturated rings. The second kappa shape index (κ2) is 7.38. The number of carbonyl (C=O) groups is 2. The molecule has 0 radical (unpaired) electrons. The molecule has 1 heterocycles. The second-order valence-corrected chi connectivity index (χ2v) is 3.65. The number of nitrogens with zero attached hydrogens (tertiary/aromatic N) is 2. The van der Waals surface area contributed by atoms with Gasteiger partial charge in [0, 0.05) is 12.7 Å². The minimum absolute atomic E-state index is 0.435. The van der Waals surface area contributed by atoms with E-state index in [0.29, 0.717) is 18.8 Å². The number of carbonyl (C=O) groups excluding carboxylic acids is 2. The van der Waals surface area contributed by atoms with Crippen molar-refractivity contribution in [1.82, 2.24) is 9.88 Å². The molecule has 1 rings (SSSR count). The van der Waals surface area contributed by atoms with Gasteiger partial charge in [0.15, 0.2) is 0 Å². The minimum Gasteiger partial charge on any atom is -0.292 e. The number of amides is 3. The molecule has 0 aliphatic carbocycles. The number of urea groups is 1. The molecule has 0 bridgehead atoms. The summed E-state index contributed by atoms with van der Waals surface area (Å²) in [5.74, 6) is 0.444. The molecule has 0 aromatic carbocycles. The monoisotopic (exact) mass is 235 g/mol. The van der Waals surface area contributed by atoms with E-state index in [4.69, 9.17) is 0 Å². The maximum Gasteiger partial charge on any atom is 0.329 e. The Morgan fingerprint density at radius 3 is 2.88 bits per heavy atom. The summed E-state index contributed by atoms with van der Waals surface area (Å²) in [4.78, 5) is 27.5. The van der Waals surface area contributed by atoms with Gasteiger partial charge in [-0.2, -0.15) is 0 Å². The van der Waals surface area contributed by atoms with Crippen molar-refractivity contribution in [3.05, 3.63) is 24.4 Å². The van der Waals surface area contributed by atoms with E-state index < -0.39 is 6.03 Å². The van der Waals surface area contributed by atoms with Crippen molar-refractivity contribution in [3.8, 4) is 0 Å². The van der Waals surface area contributed by atoms with E-state index in [-0.39, 0.29) is 0 Å². The highest BCUT2D eigenvalue weighted by Crippen LogP contribution is 2.03.